The van der Waals surface area contributed by atoms with E-state index in [1.54, 1.807) is 19.9 Å². The monoisotopic (exact) mass is 440 g/mol. The maximum atomic E-state index is 13.4. The normalized spacial score (nSPS) is 41.9. The molecule has 2 amide bonds. The van der Waals surface area contributed by atoms with Crippen molar-refractivity contribution in [2.24, 2.45) is 34.5 Å². The van der Waals surface area contributed by atoms with Gasteiger partial charge in [0.25, 0.3) is 0 Å². The third-order valence-corrected chi connectivity index (χ3v) is 9.24. The molecule has 0 aromatic heterocycles. The van der Waals surface area contributed by atoms with Crippen LogP contribution in [0, 0.1) is 34.5 Å². The predicted molar refractivity (Wildman–Crippen MR) is 112 cm³/mol. The molecule has 3 saturated carbocycles. The summed E-state index contributed by atoms with van der Waals surface area (Å²) in [5.41, 5.74) is -0.331. The van der Waals surface area contributed by atoms with Crippen LogP contribution in [0.2, 0.25) is 0 Å². The molecule has 1 aliphatic heterocycles. The van der Waals surface area contributed by atoms with Crippen molar-refractivity contribution in [1.82, 2.24) is 10.2 Å². The number of halogens is 3. The Bertz CT molecular complexity index is 779. The molecule has 0 spiro atoms. The standard InChI is InChI=1S/C24H35F3N2O2/c1-14(2)29(13-24(25,26)27)21(31)18-7-6-16-15-5-8-19-23(4,12-10-20(30)28-19)17(15)9-11-22(16,18)3/h10,12,14-19H,5-9,11,13H2,1-4H3,(H,28,30)/t15-,16-,17-,18+,19+,22-,23+/m0/s1. The van der Waals surface area contributed by atoms with E-state index >= 15 is 0 Å². The quantitative estimate of drug-likeness (QED) is 0.692. The fourth-order valence-corrected chi connectivity index (χ4v) is 7.65. The highest BCUT2D eigenvalue weighted by molar-refractivity contribution is 5.89. The molecule has 1 N–H and O–H groups in total. The highest BCUT2D eigenvalue weighted by atomic mass is 19.4. The van der Waals surface area contributed by atoms with Gasteiger partial charge in [-0.2, -0.15) is 13.2 Å². The SMILES string of the molecule is CC(C)N(CC(F)(F)F)C(=O)[C@H]1CC[C@H]2[C@@H]3CC[C@H]4NC(=O)C=C[C@]4(C)[C@H]3CC[C@]12C. The Balaban J connectivity index is 1.58. The van der Waals surface area contributed by atoms with E-state index in [0.29, 0.717) is 24.2 Å². The molecular weight excluding hydrogens is 405 g/mol. The van der Waals surface area contributed by atoms with Crippen molar-refractivity contribution in [3.8, 4) is 0 Å². The smallest absolute Gasteiger partial charge is 0.349 e. The van der Waals surface area contributed by atoms with Gasteiger partial charge in [0.2, 0.25) is 11.8 Å². The number of hydrogen-bond acceptors (Lipinski definition) is 2. The molecule has 1 heterocycles. The second-order valence-corrected chi connectivity index (χ2v) is 11.1. The first kappa shape index (κ1) is 22.7. The summed E-state index contributed by atoms with van der Waals surface area (Å²) in [5, 5.41) is 3.14. The van der Waals surface area contributed by atoms with Crippen molar-refractivity contribution < 1.29 is 22.8 Å². The summed E-state index contributed by atoms with van der Waals surface area (Å²) < 4.78 is 39.5. The molecule has 0 bridgehead atoms. The first-order valence-electron chi connectivity index (χ1n) is 11.7. The van der Waals surface area contributed by atoms with Crippen LogP contribution in [0.4, 0.5) is 13.2 Å². The van der Waals surface area contributed by atoms with Crippen LogP contribution in [-0.4, -0.2) is 41.5 Å². The van der Waals surface area contributed by atoms with E-state index in [4.69, 9.17) is 0 Å². The summed E-state index contributed by atoms with van der Waals surface area (Å²) in [6.45, 7) is 6.57. The van der Waals surface area contributed by atoms with Crippen molar-refractivity contribution in [2.75, 3.05) is 6.54 Å². The Morgan fingerprint density at radius 2 is 1.87 bits per heavy atom. The Kier molecular flexibility index (Phi) is 5.49. The Morgan fingerprint density at radius 3 is 2.52 bits per heavy atom. The number of carbonyl (C=O) groups excluding carboxylic acids is 2. The van der Waals surface area contributed by atoms with E-state index in [2.05, 4.69) is 25.2 Å². The molecule has 31 heavy (non-hydrogen) atoms. The number of rotatable bonds is 3. The lowest BCUT2D eigenvalue weighted by Gasteiger charge is -2.58. The van der Waals surface area contributed by atoms with Crippen LogP contribution in [-0.2, 0) is 9.59 Å². The minimum atomic E-state index is -4.39. The molecule has 0 aromatic rings. The lowest BCUT2D eigenvalue weighted by atomic mass is 9.48. The minimum Gasteiger partial charge on any atom is -0.349 e. The number of nitrogens with one attached hydrogen (secondary N) is 1. The lowest BCUT2D eigenvalue weighted by molar-refractivity contribution is -0.171. The summed E-state index contributed by atoms with van der Waals surface area (Å²) in [6, 6.07) is -0.323. The van der Waals surface area contributed by atoms with E-state index in [1.807, 2.05) is 0 Å². The maximum absolute atomic E-state index is 13.4. The third kappa shape index (κ3) is 3.70. The zero-order chi connectivity index (χ0) is 22.8. The highest BCUT2D eigenvalue weighted by Crippen LogP contribution is 2.65. The summed E-state index contributed by atoms with van der Waals surface area (Å²) in [7, 11) is 0. The average molecular weight is 441 g/mol. The van der Waals surface area contributed by atoms with Crippen LogP contribution in [0.3, 0.4) is 0 Å². The first-order valence-corrected chi connectivity index (χ1v) is 11.7. The molecule has 3 fully saturated rings. The molecule has 7 heteroatoms. The van der Waals surface area contributed by atoms with Crippen LogP contribution in [0.15, 0.2) is 12.2 Å². The summed E-state index contributed by atoms with van der Waals surface area (Å²) in [5.74, 6) is 0.560. The van der Waals surface area contributed by atoms with E-state index in [9.17, 15) is 22.8 Å². The Hall–Kier alpha value is -1.53. The third-order valence-electron chi connectivity index (χ3n) is 9.24. The number of amides is 2. The van der Waals surface area contributed by atoms with Crippen molar-refractivity contribution in [1.29, 1.82) is 0 Å². The first-order chi connectivity index (χ1) is 14.4. The molecule has 174 valence electrons. The van der Waals surface area contributed by atoms with Gasteiger partial charge in [0.05, 0.1) is 0 Å². The number of alkyl halides is 3. The van der Waals surface area contributed by atoms with Crippen molar-refractivity contribution in [3.63, 3.8) is 0 Å². The second kappa shape index (κ2) is 7.51. The Morgan fingerprint density at radius 1 is 1.16 bits per heavy atom. The molecular formula is C24H35F3N2O2. The van der Waals surface area contributed by atoms with Gasteiger partial charge in [-0.15, -0.1) is 0 Å². The number of fused-ring (bicyclic) bond motifs is 5. The van der Waals surface area contributed by atoms with Gasteiger partial charge in [-0.1, -0.05) is 19.9 Å². The summed E-state index contributed by atoms with van der Waals surface area (Å²) >= 11 is 0. The highest BCUT2D eigenvalue weighted by Gasteiger charge is 2.61. The number of carbonyl (C=O) groups is 2. The van der Waals surface area contributed by atoms with Crippen molar-refractivity contribution in [2.45, 2.75) is 84.5 Å². The Labute approximate surface area is 183 Å². The summed E-state index contributed by atoms with van der Waals surface area (Å²) in [4.78, 5) is 26.3. The minimum absolute atomic E-state index is 0.0217. The predicted octanol–water partition coefficient (Wildman–Crippen LogP) is 4.70. The van der Waals surface area contributed by atoms with Crippen molar-refractivity contribution in [3.05, 3.63) is 12.2 Å². The van der Waals surface area contributed by atoms with Gasteiger partial charge >= 0.3 is 6.18 Å². The topological polar surface area (TPSA) is 49.4 Å². The second-order valence-electron chi connectivity index (χ2n) is 11.1. The molecule has 0 aromatic carbocycles. The van der Waals surface area contributed by atoms with Crippen LogP contribution in [0.25, 0.3) is 0 Å². The molecule has 0 saturated heterocycles. The number of hydrogen-bond donors (Lipinski definition) is 1. The van der Waals surface area contributed by atoms with Gasteiger partial charge in [-0.25, -0.2) is 0 Å². The van der Waals surface area contributed by atoms with E-state index in [1.165, 1.54) is 0 Å². The molecule has 0 radical (unpaired) electrons. The molecule has 0 unspecified atom stereocenters. The molecule has 7 atom stereocenters. The van der Waals surface area contributed by atoms with Gasteiger partial charge in [0, 0.05) is 23.4 Å². The molecule has 3 aliphatic carbocycles. The lowest BCUT2D eigenvalue weighted by Crippen LogP contribution is -2.59. The fourth-order valence-electron chi connectivity index (χ4n) is 7.65. The van der Waals surface area contributed by atoms with Gasteiger partial charge < -0.3 is 10.2 Å². The fraction of sp³-hybridized carbons (Fsp3) is 0.833. The van der Waals surface area contributed by atoms with Gasteiger partial charge in [-0.3, -0.25) is 9.59 Å². The van der Waals surface area contributed by atoms with E-state index in [-0.39, 0.29) is 34.6 Å². The zero-order valence-electron chi connectivity index (χ0n) is 19.0. The summed E-state index contributed by atoms with van der Waals surface area (Å²) in [6.07, 6.45) is 4.69. The van der Waals surface area contributed by atoms with Crippen LogP contribution in [0.5, 0.6) is 0 Å². The maximum Gasteiger partial charge on any atom is 0.406 e. The van der Waals surface area contributed by atoms with Crippen LogP contribution < -0.4 is 5.32 Å². The van der Waals surface area contributed by atoms with Gasteiger partial charge in [-0.05, 0) is 81.6 Å². The average Bonchev–Trinajstić information content (AvgIpc) is 3.02. The van der Waals surface area contributed by atoms with Crippen molar-refractivity contribution >= 4 is 11.8 Å². The zero-order valence-corrected chi connectivity index (χ0v) is 19.0. The molecule has 4 rings (SSSR count). The van der Waals surface area contributed by atoms with Crippen LogP contribution in [0.1, 0.15) is 66.2 Å². The van der Waals surface area contributed by atoms with E-state index in [0.717, 1.165) is 37.0 Å². The number of nitrogens with zero attached hydrogens (tertiary/aromatic N) is 1. The van der Waals surface area contributed by atoms with Gasteiger partial charge in [0.15, 0.2) is 0 Å². The molecule has 4 aliphatic rings. The van der Waals surface area contributed by atoms with E-state index < -0.39 is 18.8 Å². The van der Waals surface area contributed by atoms with Crippen LogP contribution >= 0.6 is 0 Å². The van der Waals surface area contributed by atoms with Gasteiger partial charge in [0.1, 0.15) is 6.54 Å². The largest absolute Gasteiger partial charge is 0.406 e. The molecule has 4 nitrogen and oxygen atoms in total.